The molecule has 1 aromatic heterocycles. The van der Waals surface area contributed by atoms with Crippen molar-refractivity contribution in [2.45, 2.75) is 12.4 Å². The number of rotatable bonds is 0. The van der Waals surface area contributed by atoms with Gasteiger partial charge in [0.15, 0.2) is 0 Å². The number of alkyl halides is 6. The number of H-pyrrole nitrogens is 1. The van der Waals surface area contributed by atoms with Crippen LogP contribution in [0.25, 0.3) is 0 Å². The van der Waals surface area contributed by atoms with Crippen molar-refractivity contribution in [3.63, 3.8) is 0 Å². The van der Waals surface area contributed by atoms with E-state index in [1.165, 1.54) is 0 Å². The van der Waals surface area contributed by atoms with Crippen molar-refractivity contribution in [2.75, 3.05) is 0 Å². The van der Waals surface area contributed by atoms with E-state index in [0.717, 1.165) is 0 Å². The van der Waals surface area contributed by atoms with Crippen LogP contribution in [-0.4, -0.2) is 4.98 Å². The minimum atomic E-state index is -5.21. The molecule has 1 heterocycles. The molecular weight excluding hydrogens is 228 g/mol. The summed E-state index contributed by atoms with van der Waals surface area (Å²) >= 11 is 0. The van der Waals surface area contributed by atoms with Crippen LogP contribution >= 0.6 is 0 Å². The topological polar surface area (TPSA) is 32.9 Å². The van der Waals surface area contributed by atoms with Crippen LogP contribution in [0.3, 0.4) is 0 Å². The van der Waals surface area contributed by atoms with Gasteiger partial charge in [-0.1, -0.05) is 0 Å². The largest absolute Gasteiger partial charge is 0.418 e. The number of aromatic nitrogens is 1. The zero-order chi connectivity index (χ0) is 11.9. The van der Waals surface area contributed by atoms with Gasteiger partial charge in [-0.3, -0.25) is 4.79 Å². The summed E-state index contributed by atoms with van der Waals surface area (Å²) in [6.45, 7) is 0. The summed E-state index contributed by atoms with van der Waals surface area (Å²) in [7, 11) is 0. The van der Waals surface area contributed by atoms with Crippen molar-refractivity contribution in [3.05, 3.63) is 33.7 Å². The quantitative estimate of drug-likeness (QED) is 0.683. The molecule has 0 atom stereocenters. The smallest absolute Gasteiger partial charge is 0.328 e. The third-order valence-electron chi connectivity index (χ3n) is 1.54. The molecule has 0 spiro atoms. The van der Waals surface area contributed by atoms with E-state index >= 15 is 0 Å². The standard InChI is InChI=1S/C7H3F6NO/c8-6(9,10)3-1-5(15)14-2-4(3)7(11,12)13/h1-2H,(H,14,15). The van der Waals surface area contributed by atoms with Crippen molar-refractivity contribution in [1.82, 2.24) is 4.98 Å². The van der Waals surface area contributed by atoms with Crippen LogP contribution < -0.4 is 5.56 Å². The van der Waals surface area contributed by atoms with Gasteiger partial charge >= 0.3 is 12.4 Å². The van der Waals surface area contributed by atoms with Crippen LogP contribution in [0.2, 0.25) is 0 Å². The first-order valence-corrected chi connectivity index (χ1v) is 3.49. The van der Waals surface area contributed by atoms with Gasteiger partial charge in [-0.25, -0.2) is 0 Å². The summed E-state index contributed by atoms with van der Waals surface area (Å²) < 4.78 is 72.6. The Morgan fingerprint density at radius 2 is 1.40 bits per heavy atom. The maximum atomic E-state index is 12.1. The first-order chi connectivity index (χ1) is 6.62. The first-order valence-electron chi connectivity index (χ1n) is 3.49. The predicted octanol–water partition coefficient (Wildman–Crippen LogP) is 2.41. The molecule has 0 saturated carbocycles. The SMILES string of the molecule is O=c1cc(C(F)(F)F)c(C(F)(F)F)c[nH]1. The molecule has 0 aliphatic carbocycles. The van der Waals surface area contributed by atoms with Gasteiger partial charge in [0, 0.05) is 12.3 Å². The summed E-state index contributed by atoms with van der Waals surface area (Å²) in [6.07, 6.45) is -10.4. The molecular formula is C7H3F6NO. The van der Waals surface area contributed by atoms with Gasteiger partial charge in [-0.2, -0.15) is 26.3 Å². The Hall–Kier alpha value is -1.47. The molecule has 1 rings (SSSR count). The Morgan fingerprint density at radius 1 is 0.933 bits per heavy atom. The fourth-order valence-corrected chi connectivity index (χ4v) is 0.941. The number of halogens is 6. The fraction of sp³-hybridized carbons (Fsp3) is 0.286. The second-order valence-electron chi connectivity index (χ2n) is 2.62. The average molecular weight is 231 g/mol. The number of hydrogen-bond acceptors (Lipinski definition) is 1. The maximum absolute atomic E-state index is 12.1. The van der Waals surface area contributed by atoms with Crippen LogP contribution in [0.15, 0.2) is 17.1 Å². The summed E-state index contributed by atoms with van der Waals surface area (Å²) in [6, 6.07) is -0.122. The zero-order valence-electron chi connectivity index (χ0n) is 6.83. The third kappa shape index (κ3) is 2.51. The van der Waals surface area contributed by atoms with Gasteiger partial charge in [-0.15, -0.1) is 0 Å². The molecule has 2 nitrogen and oxygen atoms in total. The molecule has 0 aliphatic heterocycles. The van der Waals surface area contributed by atoms with Crippen molar-refractivity contribution in [1.29, 1.82) is 0 Å². The van der Waals surface area contributed by atoms with Crippen LogP contribution in [-0.2, 0) is 12.4 Å². The summed E-state index contributed by atoms with van der Waals surface area (Å²) in [5.74, 6) is 0. The molecule has 0 bridgehead atoms. The Balaban J connectivity index is 3.48. The lowest BCUT2D eigenvalue weighted by Crippen LogP contribution is -2.21. The second-order valence-corrected chi connectivity index (χ2v) is 2.62. The predicted molar refractivity (Wildman–Crippen MR) is 37.1 cm³/mol. The molecule has 0 unspecified atom stereocenters. The number of hydrogen-bond donors (Lipinski definition) is 1. The van der Waals surface area contributed by atoms with E-state index in [9.17, 15) is 31.1 Å². The Bertz CT molecular complexity index is 415. The first kappa shape index (κ1) is 11.6. The van der Waals surface area contributed by atoms with E-state index in [0.29, 0.717) is 0 Å². The van der Waals surface area contributed by atoms with E-state index in [2.05, 4.69) is 0 Å². The van der Waals surface area contributed by atoms with Crippen LogP contribution in [0.4, 0.5) is 26.3 Å². The molecule has 8 heteroatoms. The molecule has 15 heavy (non-hydrogen) atoms. The van der Waals surface area contributed by atoms with Crippen LogP contribution in [0.1, 0.15) is 11.1 Å². The molecule has 1 aromatic rings. The monoisotopic (exact) mass is 231 g/mol. The molecule has 0 amide bonds. The number of aromatic amines is 1. The van der Waals surface area contributed by atoms with Crippen molar-refractivity contribution in [3.8, 4) is 0 Å². The molecule has 0 aromatic carbocycles. The number of nitrogens with one attached hydrogen (secondary N) is 1. The number of pyridine rings is 1. The van der Waals surface area contributed by atoms with Crippen LogP contribution in [0, 0.1) is 0 Å². The Morgan fingerprint density at radius 3 is 1.80 bits per heavy atom. The van der Waals surface area contributed by atoms with Crippen molar-refractivity contribution in [2.24, 2.45) is 0 Å². The third-order valence-corrected chi connectivity index (χ3v) is 1.54. The minimum Gasteiger partial charge on any atom is -0.328 e. The van der Waals surface area contributed by atoms with Gasteiger partial charge in [0.1, 0.15) is 0 Å². The van der Waals surface area contributed by atoms with Gasteiger partial charge in [0.05, 0.1) is 11.1 Å². The van der Waals surface area contributed by atoms with Crippen LogP contribution in [0.5, 0.6) is 0 Å². The highest BCUT2D eigenvalue weighted by atomic mass is 19.4. The second kappa shape index (κ2) is 3.28. The lowest BCUT2D eigenvalue weighted by atomic mass is 10.1. The molecule has 0 fully saturated rings. The van der Waals surface area contributed by atoms with E-state index in [-0.39, 0.29) is 12.3 Å². The Labute approximate surface area is 78.5 Å². The van der Waals surface area contributed by atoms with Gasteiger partial charge < -0.3 is 4.98 Å². The minimum absolute atomic E-state index is 0.00512. The van der Waals surface area contributed by atoms with E-state index in [4.69, 9.17) is 0 Å². The average Bonchev–Trinajstić information content (AvgIpc) is 2.00. The van der Waals surface area contributed by atoms with E-state index < -0.39 is 29.0 Å². The fourth-order valence-electron chi connectivity index (χ4n) is 0.941. The highest BCUT2D eigenvalue weighted by Gasteiger charge is 2.43. The summed E-state index contributed by atoms with van der Waals surface area (Å²) in [5, 5.41) is 0. The normalized spacial score (nSPS) is 12.9. The Kier molecular flexibility index (Phi) is 2.54. The van der Waals surface area contributed by atoms with E-state index in [1.54, 1.807) is 4.98 Å². The molecule has 0 radical (unpaired) electrons. The van der Waals surface area contributed by atoms with Crippen molar-refractivity contribution < 1.29 is 26.3 Å². The van der Waals surface area contributed by atoms with Gasteiger partial charge in [0.25, 0.3) is 0 Å². The molecule has 0 saturated heterocycles. The van der Waals surface area contributed by atoms with Crippen molar-refractivity contribution >= 4 is 0 Å². The van der Waals surface area contributed by atoms with Gasteiger partial charge in [-0.05, 0) is 0 Å². The molecule has 84 valence electrons. The van der Waals surface area contributed by atoms with E-state index in [1.807, 2.05) is 0 Å². The lowest BCUT2D eigenvalue weighted by molar-refractivity contribution is -0.162. The summed E-state index contributed by atoms with van der Waals surface area (Å²) in [4.78, 5) is 12.0. The lowest BCUT2D eigenvalue weighted by Gasteiger charge is -2.13. The highest BCUT2D eigenvalue weighted by Crippen LogP contribution is 2.38. The highest BCUT2D eigenvalue weighted by molar-refractivity contribution is 5.28. The summed E-state index contributed by atoms with van der Waals surface area (Å²) in [5.41, 5.74) is -5.14. The molecule has 0 aliphatic rings. The zero-order valence-corrected chi connectivity index (χ0v) is 6.83. The molecule has 1 N–H and O–H groups in total. The maximum Gasteiger partial charge on any atom is 0.418 e. The van der Waals surface area contributed by atoms with Gasteiger partial charge in [0.2, 0.25) is 5.56 Å².